The monoisotopic (exact) mass is 265 g/mol. The van der Waals surface area contributed by atoms with Gasteiger partial charge in [0, 0.05) is 19.6 Å². The average Bonchev–Trinajstić information content (AvgIpc) is 2.42. The maximum atomic E-state index is 6.18. The molecule has 1 N–H and O–H groups in total. The van der Waals surface area contributed by atoms with E-state index in [9.17, 15) is 0 Å². The summed E-state index contributed by atoms with van der Waals surface area (Å²) in [6, 6.07) is 3.95. The van der Waals surface area contributed by atoms with E-state index in [4.69, 9.17) is 11.6 Å². The number of pyridine rings is 1. The maximum Gasteiger partial charge on any atom is 0.129 e. The highest BCUT2D eigenvalue weighted by Gasteiger charge is 2.11. The SMILES string of the molecule is CCCNCc1nc(N2CC=CCC2)ccc1Cl. The van der Waals surface area contributed by atoms with Crippen LogP contribution in [-0.2, 0) is 6.54 Å². The Kier molecular flexibility index (Phi) is 5.02. The van der Waals surface area contributed by atoms with Crippen LogP contribution in [0.3, 0.4) is 0 Å². The van der Waals surface area contributed by atoms with Crippen molar-refractivity contribution in [2.45, 2.75) is 26.3 Å². The lowest BCUT2D eigenvalue weighted by Crippen LogP contribution is -2.28. The standard InChI is InChI=1S/C14H20ClN3/c1-2-8-16-11-13-12(15)6-7-14(17-13)18-9-4-3-5-10-18/h3-4,6-7,16H,2,5,8-11H2,1H3. The van der Waals surface area contributed by atoms with Crippen LogP contribution in [0.5, 0.6) is 0 Å². The fourth-order valence-corrected chi connectivity index (χ4v) is 2.18. The average molecular weight is 266 g/mol. The predicted molar refractivity (Wildman–Crippen MR) is 77.2 cm³/mol. The summed E-state index contributed by atoms with van der Waals surface area (Å²) in [6.07, 6.45) is 6.62. The van der Waals surface area contributed by atoms with Gasteiger partial charge in [0.25, 0.3) is 0 Å². The topological polar surface area (TPSA) is 28.2 Å². The van der Waals surface area contributed by atoms with E-state index in [2.05, 4.69) is 34.3 Å². The maximum absolute atomic E-state index is 6.18. The first kappa shape index (κ1) is 13.4. The zero-order valence-electron chi connectivity index (χ0n) is 10.8. The van der Waals surface area contributed by atoms with Crippen LogP contribution in [0.2, 0.25) is 5.02 Å². The number of aromatic nitrogens is 1. The lowest BCUT2D eigenvalue weighted by atomic mass is 10.2. The molecule has 0 amide bonds. The summed E-state index contributed by atoms with van der Waals surface area (Å²) < 4.78 is 0. The third-order valence-electron chi connectivity index (χ3n) is 3.01. The summed E-state index contributed by atoms with van der Waals surface area (Å²) in [5.74, 6) is 1.03. The summed E-state index contributed by atoms with van der Waals surface area (Å²) in [5.41, 5.74) is 0.942. The van der Waals surface area contributed by atoms with Crippen molar-refractivity contribution >= 4 is 17.4 Å². The second-order valence-electron chi connectivity index (χ2n) is 4.48. The third-order valence-corrected chi connectivity index (χ3v) is 3.35. The normalized spacial score (nSPS) is 15.1. The fraction of sp³-hybridized carbons (Fsp3) is 0.500. The quantitative estimate of drug-likeness (QED) is 0.655. The van der Waals surface area contributed by atoms with Gasteiger partial charge in [-0.25, -0.2) is 4.98 Å². The minimum absolute atomic E-state index is 0.740. The van der Waals surface area contributed by atoms with Gasteiger partial charge in [0.05, 0.1) is 10.7 Å². The molecule has 1 aliphatic rings. The minimum atomic E-state index is 0.740. The number of nitrogens with one attached hydrogen (secondary N) is 1. The predicted octanol–water partition coefficient (Wildman–Crippen LogP) is 3.00. The third kappa shape index (κ3) is 3.47. The van der Waals surface area contributed by atoms with Crippen LogP contribution < -0.4 is 10.2 Å². The van der Waals surface area contributed by atoms with Gasteiger partial charge in [0.2, 0.25) is 0 Å². The zero-order chi connectivity index (χ0) is 12.8. The molecule has 0 aliphatic carbocycles. The van der Waals surface area contributed by atoms with E-state index in [1.165, 1.54) is 0 Å². The summed E-state index contributed by atoms with van der Waals surface area (Å²) in [5, 5.41) is 4.09. The molecule has 98 valence electrons. The second kappa shape index (κ2) is 6.76. The molecule has 18 heavy (non-hydrogen) atoms. The second-order valence-corrected chi connectivity index (χ2v) is 4.89. The number of hydrogen-bond donors (Lipinski definition) is 1. The molecular formula is C14H20ClN3. The molecule has 0 saturated carbocycles. The number of halogens is 1. The van der Waals surface area contributed by atoms with E-state index in [1.54, 1.807) is 0 Å². The fourth-order valence-electron chi connectivity index (χ4n) is 2.01. The molecule has 0 unspecified atom stereocenters. The van der Waals surface area contributed by atoms with Gasteiger partial charge in [-0.05, 0) is 31.5 Å². The van der Waals surface area contributed by atoms with Gasteiger partial charge < -0.3 is 10.2 Å². The molecular weight excluding hydrogens is 246 g/mol. The van der Waals surface area contributed by atoms with Crippen LogP contribution in [0.4, 0.5) is 5.82 Å². The minimum Gasteiger partial charge on any atom is -0.353 e. The van der Waals surface area contributed by atoms with Crippen molar-refractivity contribution in [2.24, 2.45) is 0 Å². The summed E-state index contributed by atoms with van der Waals surface area (Å²) in [7, 11) is 0. The molecule has 2 rings (SSSR count). The van der Waals surface area contributed by atoms with Gasteiger partial charge in [-0.2, -0.15) is 0 Å². The molecule has 0 spiro atoms. The Hall–Kier alpha value is -1.06. The number of anilines is 1. The molecule has 0 saturated heterocycles. The molecule has 0 atom stereocenters. The zero-order valence-corrected chi connectivity index (χ0v) is 11.6. The van der Waals surface area contributed by atoms with Crippen LogP contribution in [-0.4, -0.2) is 24.6 Å². The van der Waals surface area contributed by atoms with E-state index < -0.39 is 0 Å². The lowest BCUT2D eigenvalue weighted by Gasteiger charge is -2.25. The summed E-state index contributed by atoms with van der Waals surface area (Å²) in [4.78, 5) is 6.94. The van der Waals surface area contributed by atoms with E-state index in [0.717, 1.165) is 55.6 Å². The Labute approximate surface area is 114 Å². The first-order valence-corrected chi connectivity index (χ1v) is 6.95. The van der Waals surface area contributed by atoms with Crippen molar-refractivity contribution in [2.75, 3.05) is 24.5 Å². The van der Waals surface area contributed by atoms with E-state index in [-0.39, 0.29) is 0 Å². The van der Waals surface area contributed by atoms with E-state index in [1.807, 2.05) is 12.1 Å². The summed E-state index contributed by atoms with van der Waals surface area (Å²) in [6.45, 7) is 5.86. The molecule has 1 aromatic heterocycles. The molecule has 1 aliphatic heterocycles. The number of rotatable bonds is 5. The number of hydrogen-bond acceptors (Lipinski definition) is 3. The van der Waals surface area contributed by atoms with Gasteiger partial charge in [-0.1, -0.05) is 30.7 Å². The van der Waals surface area contributed by atoms with Crippen LogP contribution in [0.25, 0.3) is 0 Å². The van der Waals surface area contributed by atoms with Crippen molar-refractivity contribution in [1.82, 2.24) is 10.3 Å². The van der Waals surface area contributed by atoms with Crippen molar-refractivity contribution in [3.05, 3.63) is 35.0 Å². The van der Waals surface area contributed by atoms with Crippen LogP contribution >= 0.6 is 11.6 Å². The van der Waals surface area contributed by atoms with Crippen LogP contribution in [0.1, 0.15) is 25.5 Å². The highest BCUT2D eigenvalue weighted by molar-refractivity contribution is 6.31. The van der Waals surface area contributed by atoms with E-state index >= 15 is 0 Å². The lowest BCUT2D eigenvalue weighted by molar-refractivity contribution is 0.662. The van der Waals surface area contributed by atoms with Gasteiger partial charge in [0.15, 0.2) is 0 Å². The van der Waals surface area contributed by atoms with Crippen LogP contribution in [0.15, 0.2) is 24.3 Å². The van der Waals surface area contributed by atoms with Gasteiger partial charge in [0.1, 0.15) is 5.82 Å². The van der Waals surface area contributed by atoms with E-state index in [0.29, 0.717) is 0 Å². The van der Waals surface area contributed by atoms with Crippen molar-refractivity contribution in [1.29, 1.82) is 0 Å². The molecule has 3 nitrogen and oxygen atoms in total. The summed E-state index contributed by atoms with van der Waals surface area (Å²) >= 11 is 6.18. The molecule has 0 aromatic carbocycles. The Balaban J connectivity index is 2.07. The Bertz CT molecular complexity index is 418. The van der Waals surface area contributed by atoms with Gasteiger partial charge in [-0.3, -0.25) is 0 Å². The largest absolute Gasteiger partial charge is 0.353 e. The van der Waals surface area contributed by atoms with Gasteiger partial charge in [-0.15, -0.1) is 0 Å². The van der Waals surface area contributed by atoms with Crippen molar-refractivity contribution in [3.8, 4) is 0 Å². The first-order valence-electron chi connectivity index (χ1n) is 6.57. The van der Waals surface area contributed by atoms with Crippen molar-refractivity contribution in [3.63, 3.8) is 0 Å². The molecule has 1 aromatic rings. The molecule has 0 radical (unpaired) electrons. The smallest absolute Gasteiger partial charge is 0.129 e. The Morgan fingerprint density at radius 2 is 2.28 bits per heavy atom. The van der Waals surface area contributed by atoms with Crippen LogP contribution in [0, 0.1) is 0 Å². The number of nitrogens with zero attached hydrogens (tertiary/aromatic N) is 2. The molecule has 0 fully saturated rings. The Morgan fingerprint density at radius 1 is 1.39 bits per heavy atom. The Morgan fingerprint density at radius 3 is 3.00 bits per heavy atom. The highest BCUT2D eigenvalue weighted by Crippen LogP contribution is 2.20. The molecule has 2 heterocycles. The molecule has 0 bridgehead atoms. The highest BCUT2D eigenvalue weighted by atomic mass is 35.5. The van der Waals surface area contributed by atoms with Crippen molar-refractivity contribution < 1.29 is 0 Å². The molecule has 4 heteroatoms. The van der Waals surface area contributed by atoms with Gasteiger partial charge >= 0.3 is 0 Å². The first-order chi connectivity index (χ1) is 8.81.